The molecule has 118 valence electrons. The maximum atomic E-state index is 11.8. The Morgan fingerprint density at radius 1 is 1.32 bits per heavy atom. The van der Waals surface area contributed by atoms with Crippen LogP contribution in [0.15, 0.2) is 30.3 Å². The second kappa shape index (κ2) is 6.83. The van der Waals surface area contributed by atoms with E-state index in [0.29, 0.717) is 17.4 Å². The number of hydrogen-bond donors (Lipinski definition) is 3. The molecule has 6 heteroatoms. The smallest absolute Gasteiger partial charge is 0.320 e. The lowest BCUT2D eigenvalue weighted by molar-refractivity contribution is 0.252. The summed E-state index contributed by atoms with van der Waals surface area (Å²) in [6.07, 6.45) is 0.724. The first kappa shape index (κ1) is 16.4. The molecule has 22 heavy (non-hydrogen) atoms. The third-order valence-corrected chi connectivity index (χ3v) is 3.45. The fourth-order valence-corrected chi connectivity index (χ4v) is 2.16. The molecule has 0 bridgehead atoms. The summed E-state index contributed by atoms with van der Waals surface area (Å²) in [6, 6.07) is 9.18. The van der Waals surface area contributed by atoms with Gasteiger partial charge in [0.25, 0.3) is 0 Å². The normalized spacial score (nSPS) is 11.3. The van der Waals surface area contributed by atoms with Gasteiger partial charge in [-0.2, -0.15) is 5.10 Å². The van der Waals surface area contributed by atoms with Gasteiger partial charge in [0, 0.05) is 28.7 Å². The summed E-state index contributed by atoms with van der Waals surface area (Å²) in [6.45, 7) is 6.77. The maximum absolute atomic E-state index is 11.8. The molecule has 0 saturated carbocycles. The van der Waals surface area contributed by atoms with Crippen LogP contribution < -0.4 is 10.6 Å². The largest absolute Gasteiger partial charge is 0.337 e. The molecule has 2 amide bonds. The van der Waals surface area contributed by atoms with E-state index in [-0.39, 0.29) is 11.4 Å². The Hall–Kier alpha value is -2.01. The molecule has 0 aliphatic heterocycles. The van der Waals surface area contributed by atoms with Crippen molar-refractivity contribution in [1.29, 1.82) is 0 Å². The SMILES string of the molecule is CC(C)(C)c1cc(NC(=O)NCCc2cccc(Cl)c2)n[nH]1. The number of urea groups is 1. The monoisotopic (exact) mass is 320 g/mol. The van der Waals surface area contributed by atoms with Crippen LogP contribution in [0.25, 0.3) is 0 Å². The van der Waals surface area contributed by atoms with E-state index in [0.717, 1.165) is 17.7 Å². The van der Waals surface area contributed by atoms with Crippen molar-refractivity contribution in [2.24, 2.45) is 0 Å². The molecular weight excluding hydrogens is 300 g/mol. The summed E-state index contributed by atoms with van der Waals surface area (Å²) in [4.78, 5) is 11.8. The summed E-state index contributed by atoms with van der Waals surface area (Å²) in [5.74, 6) is 0.519. The van der Waals surface area contributed by atoms with Gasteiger partial charge in [-0.3, -0.25) is 10.4 Å². The van der Waals surface area contributed by atoms with Gasteiger partial charge in [-0.15, -0.1) is 0 Å². The predicted molar refractivity (Wildman–Crippen MR) is 89.5 cm³/mol. The van der Waals surface area contributed by atoms with Crippen LogP contribution in [0.4, 0.5) is 10.6 Å². The van der Waals surface area contributed by atoms with Gasteiger partial charge in [-0.05, 0) is 24.1 Å². The van der Waals surface area contributed by atoms with Crippen LogP contribution in [0, 0.1) is 0 Å². The van der Waals surface area contributed by atoms with Crippen molar-refractivity contribution in [3.63, 3.8) is 0 Å². The van der Waals surface area contributed by atoms with Gasteiger partial charge in [0.05, 0.1) is 0 Å². The first-order valence-corrected chi connectivity index (χ1v) is 7.57. The van der Waals surface area contributed by atoms with Crippen LogP contribution in [0.1, 0.15) is 32.0 Å². The number of anilines is 1. The molecule has 1 heterocycles. The van der Waals surface area contributed by atoms with E-state index in [2.05, 4.69) is 41.6 Å². The fourth-order valence-electron chi connectivity index (χ4n) is 1.94. The number of aromatic nitrogens is 2. The van der Waals surface area contributed by atoms with Crippen LogP contribution in [-0.2, 0) is 11.8 Å². The molecule has 1 aromatic carbocycles. The number of carbonyl (C=O) groups is 1. The number of nitrogens with zero attached hydrogens (tertiary/aromatic N) is 1. The minimum atomic E-state index is -0.269. The number of benzene rings is 1. The Bertz CT molecular complexity index is 646. The molecule has 3 N–H and O–H groups in total. The molecule has 0 unspecified atom stereocenters. The van der Waals surface area contributed by atoms with Crippen molar-refractivity contribution in [3.8, 4) is 0 Å². The highest BCUT2D eigenvalue weighted by Crippen LogP contribution is 2.21. The van der Waals surface area contributed by atoms with Crippen LogP contribution >= 0.6 is 11.6 Å². The number of nitrogens with one attached hydrogen (secondary N) is 3. The van der Waals surface area contributed by atoms with Crippen LogP contribution in [-0.4, -0.2) is 22.8 Å². The summed E-state index contributed by atoms with van der Waals surface area (Å²) >= 11 is 5.92. The average molecular weight is 321 g/mol. The van der Waals surface area contributed by atoms with Gasteiger partial charge in [-0.1, -0.05) is 44.5 Å². The maximum Gasteiger partial charge on any atom is 0.320 e. The van der Waals surface area contributed by atoms with Gasteiger partial charge < -0.3 is 5.32 Å². The van der Waals surface area contributed by atoms with Crippen LogP contribution in [0.2, 0.25) is 5.02 Å². The Morgan fingerprint density at radius 2 is 2.09 bits per heavy atom. The fraction of sp³-hybridized carbons (Fsp3) is 0.375. The number of hydrogen-bond acceptors (Lipinski definition) is 2. The van der Waals surface area contributed by atoms with E-state index < -0.39 is 0 Å². The van der Waals surface area contributed by atoms with E-state index in [9.17, 15) is 4.79 Å². The van der Waals surface area contributed by atoms with E-state index in [4.69, 9.17) is 11.6 Å². The van der Waals surface area contributed by atoms with Gasteiger partial charge >= 0.3 is 6.03 Å². The molecule has 5 nitrogen and oxygen atoms in total. The van der Waals surface area contributed by atoms with E-state index in [1.807, 2.05) is 30.3 Å². The highest BCUT2D eigenvalue weighted by Gasteiger charge is 2.17. The van der Waals surface area contributed by atoms with Gasteiger partial charge in [0.1, 0.15) is 0 Å². The lowest BCUT2D eigenvalue weighted by atomic mass is 9.92. The number of H-pyrrole nitrogens is 1. The third kappa shape index (κ3) is 4.77. The first-order valence-electron chi connectivity index (χ1n) is 7.20. The standard InChI is InChI=1S/C16H21ClN4O/c1-16(2,3)13-10-14(21-20-13)19-15(22)18-8-7-11-5-4-6-12(17)9-11/h4-6,9-10H,7-8H2,1-3H3,(H3,18,19,20,21,22). The van der Waals surface area contributed by atoms with Crippen molar-refractivity contribution in [1.82, 2.24) is 15.5 Å². The highest BCUT2D eigenvalue weighted by molar-refractivity contribution is 6.30. The molecule has 0 fully saturated rings. The summed E-state index contributed by atoms with van der Waals surface area (Å²) < 4.78 is 0. The number of halogens is 1. The topological polar surface area (TPSA) is 69.8 Å². The van der Waals surface area contributed by atoms with Crippen molar-refractivity contribution in [3.05, 3.63) is 46.6 Å². The van der Waals surface area contributed by atoms with E-state index >= 15 is 0 Å². The van der Waals surface area contributed by atoms with Crippen molar-refractivity contribution in [2.75, 3.05) is 11.9 Å². The van der Waals surface area contributed by atoms with E-state index in [1.165, 1.54) is 0 Å². The Morgan fingerprint density at radius 3 is 2.73 bits per heavy atom. The number of amides is 2. The second-order valence-corrected chi connectivity index (χ2v) is 6.61. The zero-order chi connectivity index (χ0) is 16.2. The molecule has 0 aliphatic carbocycles. The van der Waals surface area contributed by atoms with Crippen molar-refractivity contribution >= 4 is 23.4 Å². The van der Waals surface area contributed by atoms with Crippen LogP contribution in [0.5, 0.6) is 0 Å². The number of carbonyl (C=O) groups excluding carboxylic acids is 1. The first-order chi connectivity index (χ1) is 10.3. The van der Waals surface area contributed by atoms with E-state index in [1.54, 1.807) is 0 Å². The summed E-state index contributed by atoms with van der Waals surface area (Å²) in [5, 5.41) is 13.2. The van der Waals surface area contributed by atoms with Crippen molar-refractivity contribution in [2.45, 2.75) is 32.6 Å². The molecule has 2 rings (SSSR count). The average Bonchev–Trinajstić information content (AvgIpc) is 2.87. The molecule has 0 aliphatic rings. The quantitative estimate of drug-likeness (QED) is 0.803. The van der Waals surface area contributed by atoms with Gasteiger partial charge in [0.15, 0.2) is 5.82 Å². The van der Waals surface area contributed by atoms with Crippen LogP contribution in [0.3, 0.4) is 0 Å². The molecule has 0 spiro atoms. The third-order valence-electron chi connectivity index (χ3n) is 3.22. The second-order valence-electron chi connectivity index (χ2n) is 6.18. The zero-order valence-electron chi connectivity index (χ0n) is 13.0. The lowest BCUT2D eigenvalue weighted by Gasteiger charge is -2.14. The molecular formula is C16H21ClN4O. The molecule has 0 radical (unpaired) electrons. The zero-order valence-corrected chi connectivity index (χ0v) is 13.8. The van der Waals surface area contributed by atoms with Gasteiger partial charge in [0.2, 0.25) is 0 Å². The Balaban J connectivity index is 1.80. The Labute approximate surface area is 135 Å². The molecule has 0 atom stereocenters. The number of rotatable bonds is 4. The molecule has 2 aromatic rings. The number of aromatic amines is 1. The minimum absolute atomic E-state index is 0.0318. The molecule has 0 saturated heterocycles. The Kier molecular flexibility index (Phi) is 5.08. The highest BCUT2D eigenvalue weighted by atomic mass is 35.5. The molecule has 1 aromatic heterocycles. The summed E-state index contributed by atoms with van der Waals surface area (Å²) in [7, 11) is 0. The lowest BCUT2D eigenvalue weighted by Crippen LogP contribution is -2.30. The van der Waals surface area contributed by atoms with Crippen molar-refractivity contribution < 1.29 is 4.79 Å². The van der Waals surface area contributed by atoms with Gasteiger partial charge in [-0.25, -0.2) is 4.79 Å². The predicted octanol–water partition coefficient (Wildman–Crippen LogP) is 3.72. The minimum Gasteiger partial charge on any atom is -0.337 e. The summed E-state index contributed by atoms with van der Waals surface area (Å²) in [5.41, 5.74) is 2.03.